The summed E-state index contributed by atoms with van der Waals surface area (Å²) in [5.74, 6) is 6.09. The molecule has 3 N–H and O–H groups in total. The van der Waals surface area contributed by atoms with E-state index in [1.807, 2.05) is 80.5 Å². The number of nitrogens with two attached hydrogens (primary N) is 1. The van der Waals surface area contributed by atoms with Gasteiger partial charge in [-0.2, -0.15) is 0 Å². The molecule has 0 rings (SSSR count). The monoisotopic (exact) mass is 1010 g/mol. The van der Waals surface area contributed by atoms with Crippen LogP contribution < -0.4 is 11.1 Å². The Balaban J connectivity index is -0.0000000668. The van der Waals surface area contributed by atoms with Crippen LogP contribution in [-0.2, 0) is 0 Å². The molecule has 0 spiro atoms. The molecule has 0 aromatic carbocycles. The molecule has 72 heavy (non-hydrogen) atoms. The summed E-state index contributed by atoms with van der Waals surface area (Å²) < 4.78 is 0. The summed E-state index contributed by atoms with van der Waals surface area (Å²) in [5.41, 5.74) is 8.84. The van der Waals surface area contributed by atoms with Crippen molar-refractivity contribution in [2.75, 3.05) is 7.05 Å². The fraction of sp³-hybridized carbons (Fsp3) is 0.662. The van der Waals surface area contributed by atoms with Gasteiger partial charge in [-0.3, -0.25) is 0 Å². The van der Waals surface area contributed by atoms with Gasteiger partial charge in [-0.25, -0.2) is 0 Å². The van der Waals surface area contributed by atoms with Crippen LogP contribution in [0.4, 0.5) is 0 Å². The smallest absolute Gasteiger partial charge is 0.0943 e. The van der Waals surface area contributed by atoms with E-state index in [0.29, 0.717) is 23.8 Å². The zero-order valence-corrected chi connectivity index (χ0v) is 54.4. The van der Waals surface area contributed by atoms with Crippen molar-refractivity contribution in [3.63, 3.8) is 0 Å². The molecule has 5 atom stereocenters. The van der Waals surface area contributed by atoms with Crippen LogP contribution in [0.1, 0.15) is 244 Å². The zero-order chi connectivity index (χ0) is 60.5. The second-order valence-electron chi connectivity index (χ2n) is 18.5. The fourth-order valence-corrected chi connectivity index (χ4v) is 6.60. The number of nitrogens with zero attached hydrogens (tertiary/aromatic N) is 1. The molecule has 0 radical (unpaired) electrons. The normalized spacial score (nSPS) is 11.4. The molecular weight excluding hydrogens is 870 g/mol. The average Bonchev–Trinajstić information content (AvgIpc) is 3.36. The maximum atomic E-state index is 4.88. The molecule has 0 aromatic rings. The Bertz CT molecular complexity index is 1260. The SMILES string of the molecule is B#C.C#C/C=C\CC.C=C.C=C(CC/C=C/C)CC(CC)CC(CC)C(CC(C)C)C(=C)C(=C)C.C=CC(NC(=C)N(C)C(CC)C(C)(C)C)C(C)(C)C.C=CCC.C=CN.CC.CC.CC.CC.CCC. The standard InChI is InChI=1S/C25H44.C17H34N2.C6H8.C4H8.C3H8.C2H5N.4C2H6.C2H4.CHB/c1-10-13-14-15-21(8)17-23(11-2)18-24(12-3)25(16-19(4)5)22(9)20(6)7;1-11-14(16(4,5)6)18-13(3)19(10)15(12-2)17(7,8)9;1-3-5-6-4-2;1-3-4-2;1-3-2;1-2-3;6*1-2/h10,13,19,23-25H,6,8-9,11-12,14-18H2,1-5,7H3;11,14-15,18H,1,3,12H2,2,4-10H3;1,5-6H,4H2,2H3;3H,1,4H2,2H3;3H2,1-2H3;2H,1,3H2;4*1-2H3;1-2H2;1H/b13-10+;;6-5-;;;;;;;;;. The van der Waals surface area contributed by atoms with Gasteiger partial charge in [-0.15, -0.1) is 32.7 Å². The van der Waals surface area contributed by atoms with E-state index >= 15 is 0 Å². The minimum absolute atomic E-state index is 0.134. The number of terminal acetylenes is 1. The summed E-state index contributed by atoms with van der Waals surface area (Å²) in [7, 11) is 6.12. The van der Waals surface area contributed by atoms with Crippen molar-refractivity contribution >= 4 is 7.33 Å². The van der Waals surface area contributed by atoms with Gasteiger partial charge in [0.25, 0.3) is 0 Å². The second kappa shape index (κ2) is 78.6. The molecule has 0 heterocycles. The average molecular weight is 1010 g/mol. The van der Waals surface area contributed by atoms with Gasteiger partial charge in [0, 0.05) is 13.1 Å². The minimum Gasteiger partial charge on any atom is -0.405 e. The van der Waals surface area contributed by atoms with Crippen LogP contribution in [0.5, 0.6) is 0 Å². The maximum absolute atomic E-state index is 4.88. The molecule has 0 saturated heterocycles. The van der Waals surface area contributed by atoms with E-state index in [1.165, 1.54) is 55.9 Å². The van der Waals surface area contributed by atoms with Gasteiger partial charge in [0.15, 0.2) is 0 Å². The van der Waals surface area contributed by atoms with Gasteiger partial charge in [0.1, 0.15) is 0 Å². The predicted molar refractivity (Wildman–Crippen MR) is 350 cm³/mol. The van der Waals surface area contributed by atoms with E-state index in [1.54, 1.807) is 6.08 Å². The molecule has 4 heteroatoms. The van der Waals surface area contributed by atoms with Crippen molar-refractivity contribution in [2.24, 2.45) is 40.2 Å². The third-order valence-electron chi connectivity index (χ3n) is 10.0. The Kier molecular flexibility index (Phi) is 106. The van der Waals surface area contributed by atoms with Gasteiger partial charge in [0.2, 0.25) is 0 Å². The second-order valence-corrected chi connectivity index (χ2v) is 18.5. The van der Waals surface area contributed by atoms with Gasteiger partial charge < -0.3 is 16.0 Å². The first-order valence-corrected chi connectivity index (χ1v) is 28.2. The summed E-state index contributed by atoms with van der Waals surface area (Å²) in [6, 6.07) is 0.692. The summed E-state index contributed by atoms with van der Waals surface area (Å²) in [5, 5.41) is 3.51. The summed E-state index contributed by atoms with van der Waals surface area (Å²) in [6.45, 7) is 87.2. The predicted octanol–water partition coefficient (Wildman–Crippen LogP) is 22.3. The van der Waals surface area contributed by atoms with Gasteiger partial charge in [0.05, 0.1) is 11.9 Å². The van der Waals surface area contributed by atoms with Crippen LogP contribution in [0.25, 0.3) is 0 Å². The van der Waals surface area contributed by atoms with Crippen LogP contribution in [0.2, 0.25) is 0 Å². The van der Waals surface area contributed by atoms with Crippen LogP contribution in [0, 0.1) is 53.2 Å². The van der Waals surface area contributed by atoms with Crippen molar-refractivity contribution in [1.29, 1.82) is 0 Å². The van der Waals surface area contributed by atoms with Crippen LogP contribution in [-0.4, -0.2) is 31.4 Å². The molecule has 0 saturated carbocycles. The summed E-state index contributed by atoms with van der Waals surface area (Å²) in [6.07, 6.45) is 34.9. The molecule has 426 valence electrons. The van der Waals surface area contributed by atoms with E-state index < -0.39 is 0 Å². The van der Waals surface area contributed by atoms with Crippen LogP contribution in [0.15, 0.2) is 124 Å². The Labute approximate surface area is 461 Å². The molecule has 3 nitrogen and oxygen atoms in total. The molecule has 0 amide bonds. The van der Waals surface area contributed by atoms with Crippen molar-refractivity contribution in [2.45, 2.75) is 256 Å². The first-order valence-electron chi connectivity index (χ1n) is 28.2. The summed E-state index contributed by atoms with van der Waals surface area (Å²) in [4.78, 5) is 2.27. The summed E-state index contributed by atoms with van der Waals surface area (Å²) >= 11 is 0. The Morgan fingerprint density at radius 1 is 0.736 bits per heavy atom. The van der Waals surface area contributed by atoms with Crippen molar-refractivity contribution < 1.29 is 0 Å². The number of allylic oxidation sites excluding steroid dienone is 8. The Morgan fingerprint density at radius 2 is 1.15 bits per heavy atom. The van der Waals surface area contributed by atoms with Gasteiger partial charge in [-0.05, 0) is 118 Å². The molecule has 0 aliphatic rings. The number of hydrogen-bond acceptors (Lipinski definition) is 3. The minimum atomic E-state index is 0.134. The van der Waals surface area contributed by atoms with Gasteiger partial charge in [-0.1, -0.05) is 259 Å². The number of rotatable bonds is 22. The third-order valence-corrected chi connectivity index (χ3v) is 10.0. The Morgan fingerprint density at radius 3 is 1.39 bits per heavy atom. The van der Waals surface area contributed by atoms with Crippen molar-refractivity contribution in [3.8, 4) is 18.7 Å². The van der Waals surface area contributed by atoms with E-state index in [0.717, 1.165) is 49.4 Å². The van der Waals surface area contributed by atoms with E-state index in [-0.39, 0.29) is 16.9 Å². The molecule has 0 bridgehead atoms. The van der Waals surface area contributed by atoms with Crippen molar-refractivity contribution in [3.05, 3.63) is 124 Å². The van der Waals surface area contributed by atoms with E-state index in [4.69, 9.17) is 6.42 Å². The molecule has 0 aliphatic heterocycles. The fourth-order valence-electron chi connectivity index (χ4n) is 6.60. The van der Waals surface area contributed by atoms with E-state index in [9.17, 15) is 0 Å². The van der Waals surface area contributed by atoms with Gasteiger partial charge >= 0.3 is 13.6 Å². The van der Waals surface area contributed by atoms with E-state index in [2.05, 4.69) is 225 Å². The van der Waals surface area contributed by atoms with Crippen LogP contribution >= 0.6 is 0 Å². The molecule has 0 aromatic heterocycles. The molecule has 0 aliphatic carbocycles. The largest absolute Gasteiger partial charge is 0.405 e. The maximum Gasteiger partial charge on any atom is 0.0943 e. The van der Waals surface area contributed by atoms with Crippen molar-refractivity contribution in [1.82, 2.24) is 10.2 Å². The van der Waals surface area contributed by atoms with Crippen LogP contribution in [0.3, 0.4) is 0 Å². The first-order chi connectivity index (χ1) is 33.9. The zero-order valence-electron chi connectivity index (χ0n) is 54.4. The number of hydrogen-bond donors (Lipinski definition) is 2. The molecule has 0 fully saturated rings. The Hall–Kier alpha value is -3.80. The third kappa shape index (κ3) is 75.1. The molecule has 5 unspecified atom stereocenters. The number of nitrogens with one attached hydrogen (secondary N) is 1. The quantitative estimate of drug-likeness (QED) is 0.0491. The first kappa shape index (κ1) is 97.5. The molecular formula is C68H136BN3. The topological polar surface area (TPSA) is 41.3 Å².